The molecule has 1 aromatic rings. The van der Waals surface area contributed by atoms with Crippen molar-refractivity contribution in [3.8, 4) is 11.5 Å². The minimum atomic E-state index is -0.660. The molecule has 0 radical (unpaired) electrons. The van der Waals surface area contributed by atoms with E-state index in [1.807, 2.05) is 39.0 Å². The van der Waals surface area contributed by atoms with Crippen LogP contribution in [-0.2, 0) is 19.1 Å². The van der Waals surface area contributed by atoms with E-state index in [0.717, 1.165) is 18.5 Å². The molecule has 204 valence electrons. The Hall–Kier alpha value is -3.00. The van der Waals surface area contributed by atoms with Gasteiger partial charge >= 0.3 is 11.9 Å². The largest absolute Gasteiger partial charge is 0.490 e. The summed E-state index contributed by atoms with van der Waals surface area (Å²) in [7, 11) is 0. The summed E-state index contributed by atoms with van der Waals surface area (Å²) in [5.41, 5.74) is 2.78. The number of rotatable bonds is 12. The molecular formula is C29H42N2O6. The highest BCUT2D eigenvalue weighted by Gasteiger charge is 2.38. The van der Waals surface area contributed by atoms with Crippen molar-refractivity contribution in [3.05, 3.63) is 46.3 Å². The summed E-state index contributed by atoms with van der Waals surface area (Å²) in [5, 5.41) is 3.17. The van der Waals surface area contributed by atoms with Crippen LogP contribution in [0.3, 0.4) is 0 Å². The van der Waals surface area contributed by atoms with Crippen LogP contribution < -0.4 is 14.8 Å². The number of carbonyl (C=O) groups is 2. The van der Waals surface area contributed by atoms with E-state index in [0.29, 0.717) is 47.3 Å². The number of allylic oxidation sites excluding steroid dienone is 2. The number of hydrogen-bond acceptors (Lipinski definition) is 8. The van der Waals surface area contributed by atoms with Gasteiger partial charge in [-0.25, -0.2) is 9.59 Å². The van der Waals surface area contributed by atoms with Crippen LogP contribution in [-0.4, -0.2) is 62.9 Å². The summed E-state index contributed by atoms with van der Waals surface area (Å²) in [6.45, 7) is 13.9. The van der Waals surface area contributed by atoms with Gasteiger partial charge in [-0.1, -0.05) is 12.5 Å². The van der Waals surface area contributed by atoms with Crippen molar-refractivity contribution in [1.29, 1.82) is 0 Å². The minimum Gasteiger partial charge on any atom is -0.490 e. The van der Waals surface area contributed by atoms with E-state index in [-0.39, 0.29) is 13.2 Å². The number of hydrogen-bond donors (Lipinski definition) is 1. The van der Waals surface area contributed by atoms with Gasteiger partial charge in [0.15, 0.2) is 11.5 Å². The van der Waals surface area contributed by atoms with Crippen LogP contribution >= 0.6 is 0 Å². The van der Waals surface area contributed by atoms with E-state index < -0.39 is 17.9 Å². The van der Waals surface area contributed by atoms with Gasteiger partial charge in [-0.2, -0.15) is 0 Å². The quantitative estimate of drug-likeness (QED) is 0.317. The molecule has 0 bridgehead atoms. The first kappa shape index (κ1) is 28.6. The Labute approximate surface area is 221 Å². The number of benzene rings is 1. The molecule has 2 aliphatic rings. The van der Waals surface area contributed by atoms with Crippen molar-refractivity contribution in [3.63, 3.8) is 0 Å². The molecule has 8 heteroatoms. The Morgan fingerprint density at radius 2 is 1.49 bits per heavy atom. The minimum absolute atomic E-state index is 0.230. The third-order valence-electron chi connectivity index (χ3n) is 6.68. The summed E-state index contributed by atoms with van der Waals surface area (Å²) >= 11 is 0. The molecule has 2 heterocycles. The number of ether oxygens (including phenoxy) is 4. The molecule has 0 amide bonds. The number of nitrogens with zero attached hydrogens (tertiary/aromatic N) is 1. The standard InChI is InChI=1S/C29H42N2O6/c1-6-34-24-19-22(13-14-23(24)37-18-12-17-31-15-10-9-11-16-31)27-25(28(32)35-7-2)20(4)30-21(5)26(27)29(33)36-8-3/h13-14,19,27,30H,6-12,15-18H2,1-5H3. The second-order valence-electron chi connectivity index (χ2n) is 9.32. The van der Waals surface area contributed by atoms with Crippen molar-refractivity contribution < 1.29 is 28.5 Å². The predicted octanol–water partition coefficient (Wildman–Crippen LogP) is 4.70. The highest BCUT2D eigenvalue weighted by atomic mass is 16.5. The van der Waals surface area contributed by atoms with Gasteiger partial charge in [0.25, 0.3) is 0 Å². The zero-order valence-electron chi connectivity index (χ0n) is 23.0. The molecule has 0 unspecified atom stereocenters. The fourth-order valence-corrected chi connectivity index (χ4v) is 5.03. The monoisotopic (exact) mass is 514 g/mol. The maximum absolute atomic E-state index is 13.1. The first-order valence-electron chi connectivity index (χ1n) is 13.6. The summed E-state index contributed by atoms with van der Waals surface area (Å²) in [5.74, 6) is -0.370. The van der Waals surface area contributed by atoms with E-state index in [9.17, 15) is 9.59 Å². The average molecular weight is 515 g/mol. The van der Waals surface area contributed by atoms with Crippen LogP contribution in [0.25, 0.3) is 0 Å². The molecule has 1 aromatic carbocycles. The van der Waals surface area contributed by atoms with E-state index >= 15 is 0 Å². The van der Waals surface area contributed by atoms with Gasteiger partial charge < -0.3 is 29.2 Å². The predicted molar refractivity (Wildman–Crippen MR) is 143 cm³/mol. The molecule has 0 spiro atoms. The Morgan fingerprint density at radius 1 is 0.865 bits per heavy atom. The van der Waals surface area contributed by atoms with Gasteiger partial charge in [-0.05, 0) is 84.7 Å². The second kappa shape index (κ2) is 14.1. The van der Waals surface area contributed by atoms with Crippen LogP contribution in [0.15, 0.2) is 40.7 Å². The van der Waals surface area contributed by atoms with Crippen LogP contribution in [0.4, 0.5) is 0 Å². The van der Waals surface area contributed by atoms with E-state index in [2.05, 4.69) is 10.2 Å². The fourth-order valence-electron chi connectivity index (χ4n) is 5.03. The lowest BCUT2D eigenvalue weighted by atomic mass is 9.80. The van der Waals surface area contributed by atoms with Gasteiger partial charge in [-0.15, -0.1) is 0 Å². The maximum Gasteiger partial charge on any atom is 0.336 e. The van der Waals surface area contributed by atoms with Crippen molar-refractivity contribution in [1.82, 2.24) is 10.2 Å². The van der Waals surface area contributed by atoms with Crippen molar-refractivity contribution in [2.75, 3.05) is 46.1 Å². The molecule has 0 atom stereocenters. The summed E-state index contributed by atoms with van der Waals surface area (Å²) in [4.78, 5) is 28.6. The molecule has 8 nitrogen and oxygen atoms in total. The lowest BCUT2D eigenvalue weighted by Crippen LogP contribution is -2.32. The highest BCUT2D eigenvalue weighted by Crippen LogP contribution is 2.42. The third kappa shape index (κ3) is 7.28. The summed E-state index contributed by atoms with van der Waals surface area (Å²) < 4.78 is 22.8. The topological polar surface area (TPSA) is 86.3 Å². The average Bonchev–Trinajstić information content (AvgIpc) is 2.87. The Bertz CT molecular complexity index is 970. The van der Waals surface area contributed by atoms with Gasteiger partial charge in [0.2, 0.25) is 0 Å². The molecule has 0 aromatic heterocycles. The van der Waals surface area contributed by atoms with Gasteiger partial charge in [0, 0.05) is 17.9 Å². The Kier molecular flexibility index (Phi) is 10.9. The number of piperidine rings is 1. The van der Waals surface area contributed by atoms with Crippen LogP contribution in [0, 0.1) is 0 Å². The molecule has 37 heavy (non-hydrogen) atoms. The Balaban J connectivity index is 1.89. The molecule has 0 aliphatic carbocycles. The Morgan fingerprint density at radius 3 is 2.05 bits per heavy atom. The lowest BCUT2D eigenvalue weighted by molar-refractivity contribution is -0.139. The van der Waals surface area contributed by atoms with Gasteiger partial charge in [-0.3, -0.25) is 0 Å². The zero-order chi connectivity index (χ0) is 26.8. The van der Waals surface area contributed by atoms with Crippen molar-refractivity contribution >= 4 is 11.9 Å². The zero-order valence-corrected chi connectivity index (χ0v) is 23.0. The molecule has 1 N–H and O–H groups in total. The highest BCUT2D eigenvalue weighted by molar-refractivity contribution is 6.00. The number of carbonyl (C=O) groups excluding carboxylic acids is 2. The van der Waals surface area contributed by atoms with E-state index in [1.165, 1.54) is 32.4 Å². The molecule has 1 saturated heterocycles. The number of nitrogens with one attached hydrogen (secondary N) is 1. The SMILES string of the molecule is CCOC(=O)C1=C(C)NC(C)=C(C(=O)OCC)C1c1ccc(OCCCN2CCCCC2)c(OCC)c1. The summed E-state index contributed by atoms with van der Waals surface area (Å²) in [6, 6.07) is 5.61. The third-order valence-corrected chi connectivity index (χ3v) is 6.68. The van der Waals surface area contributed by atoms with Crippen molar-refractivity contribution in [2.24, 2.45) is 0 Å². The number of likely N-dealkylation sites (tertiary alicyclic amines) is 1. The molecule has 1 fully saturated rings. The number of esters is 2. The first-order chi connectivity index (χ1) is 17.9. The van der Waals surface area contributed by atoms with Crippen LogP contribution in [0.1, 0.15) is 71.8 Å². The van der Waals surface area contributed by atoms with Crippen LogP contribution in [0.5, 0.6) is 11.5 Å². The van der Waals surface area contributed by atoms with Gasteiger partial charge in [0.05, 0.1) is 43.5 Å². The van der Waals surface area contributed by atoms with Gasteiger partial charge in [0.1, 0.15) is 0 Å². The fraction of sp³-hybridized carbons (Fsp3) is 0.586. The molecule has 0 saturated carbocycles. The molecular weight excluding hydrogens is 472 g/mol. The molecule has 3 rings (SSSR count). The number of dihydropyridines is 1. The first-order valence-corrected chi connectivity index (χ1v) is 13.6. The second-order valence-corrected chi connectivity index (χ2v) is 9.32. The van der Waals surface area contributed by atoms with E-state index in [4.69, 9.17) is 18.9 Å². The van der Waals surface area contributed by atoms with E-state index in [1.54, 1.807) is 13.8 Å². The lowest BCUT2D eigenvalue weighted by Gasteiger charge is -2.30. The van der Waals surface area contributed by atoms with Crippen molar-refractivity contribution in [2.45, 2.75) is 66.2 Å². The maximum atomic E-state index is 13.1. The molecule has 2 aliphatic heterocycles. The summed E-state index contributed by atoms with van der Waals surface area (Å²) in [6.07, 6.45) is 4.81. The van der Waals surface area contributed by atoms with Crippen LogP contribution in [0.2, 0.25) is 0 Å². The smallest absolute Gasteiger partial charge is 0.336 e. The normalized spacial score (nSPS) is 16.9.